The third-order valence-electron chi connectivity index (χ3n) is 4.10. The highest BCUT2D eigenvalue weighted by Gasteiger charge is 2.37. The van der Waals surface area contributed by atoms with E-state index < -0.39 is 26.5 Å². The Morgan fingerprint density at radius 3 is 1.49 bits per heavy atom. The zero-order valence-electron chi connectivity index (χ0n) is 18.2. The molecule has 0 aliphatic heterocycles. The first-order chi connectivity index (χ1) is 16.6. The largest absolute Gasteiger partial charge is 0.741 e. The van der Waals surface area contributed by atoms with Crippen molar-refractivity contribution in [2.45, 2.75) is 20.2 Å². The van der Waals surface area contributed by atoms with Gasteiger partial charge in [0.2, 0.25) is 9.79 Å². The first-order valence-electron chi connectivity index (χ1n) is 10.1. The maximum atomic E-state index is 10.7. The molecule has 0 spiro atoms. The lowest BCUT2D eigenvalue weighted by Crippen LogP contribution is -2.21. The fourth-order valence-electron chi connectivity index (χ4n) is 2.72. The number of para-hydroxylation sites is 2. The predicted molar refractivity (Wildman–Crippen MR) is 122 cm³/mol. The third-order valence-corrected chi connectivity index (χ3v) is 6.96. The van der Waals surface area contributed by atoms with E-state index in [1.54, 1.807) is 0 Å². The topological polar surface area (TPSA) is 116 Å². The standard InChI is InChI=1S/C22H23O4S.CHF3O3S/c23-14-16-25-19-10-4-6-12-21(19)27(18-8-2-1-3-9-18)22-13-7-5-11-20(22)26-17-15-24;2-1(3,4)8(5,6)7/h1-13,23-24H,14-17H2;(H,5,6,7)/q+1;/p-1. The lowest BCUT2D eigenvalue weighted by molar-refractivity contribution is -0.0517. The minimum Gasteiger partial charge on any atom is -0.741 e. The van der Waals surface area contributed by atoms with E-state index in [9.17, 15) is 13.2 Å². The van der Waals surface area contributed by atoms with Gasteiger partial charge in [0, 0.05) is 0 Å². The molecular formula is C23H23F3O7S2. The highest BCUT2D eigenvalue weighted by Crippen LogP contribution is 2.40. The van der Waals surface area contributed by atoms with Gasteiger partial charge in [0.15, 0.2) is 26.5 Å². The molecule has 0 atom stereocenters. The molecule has 3 rings (SSSR count). The Balaban J connectivity index is 0.000000466. The second-order valence-corrected chi connectivity index (χ2v) is 9.89. The van der Waals surface area contributed by atoms with Gasteiger partial charge in [0.1, 0.15) is 24.1 Å². The lowest BCUT2D eigenvalue weighted by Gasteiger charge is -2.15. The molecule has 190 valence electrons. The number of ether oxygens (including phenoxy) is 2. The van der Waals surface area contributed by atoms with E-state index in [0.29, 0.717) is 0 Å². The van der Waals surface area contributed by atoms with Gasteiger partial charge in [-0.25, -0.2) is 8.42 Å². The van der Waals surface area contributed by atoms with Gasteiger partial charge in [-0.2, -0.15) is 13.2 Å². The maximum Gasteiger partial charge on any atom is 0.485 e. The van der Waals surface area contributed by atoms with Gasteiger partial charge >= 0.3 is 5.51 Å². The molecule has 0 fully saturated rings. The summed E-state index contributed by atoms with van der Waals surface area (Å²) in [6.07, 6.45) is 0. The number of hydrogen-bond acceptors (Lipinski definition) is 7. The van der Waals surface area contributed by atoms with Crippen molar-refractivity contribution >= 4 is 21.0 Å². The predicted octanol–water partition coefficient (Wildman–Crippen LogP) is 3.58. The van der Waals surface area contributed by atoms with Crippen molar-refractivity contribution in [1.82, 2.24) is 0 Å². The number of aliphatic hydroxyl groups excluding tert-OH is 2. The summed E-state index contributed by atoms with van der Waals surface area (Å²) in [6.45, 7) is 0.407. The van der Waals surface area contributed by atoms with Gasteiger partial charge in [0.25, 0.3) is 0 Å². The summed E-state index contributed by atoms with van der Waals surface area (Å²) in [4.78, 5) is 3.19. The molecule has 0 unspecified atom stereocenters. The van der Waals surface area contributed by atoms with E-state index in [1.807, 2.05) is 66.7 Å². The minimum absolute atomic E-state index is 0.0380. The Kier molecular flexibility index (Phi) is 10.9. The van der Waals surface area contributed by atoms with Crippen molar-refractivity contribution < 1.29 is 45.8 Å². The Morgan fingerprint density at radius 2 is 1.11 bits per heavy atom. The van der Waals surface area contributed by atoms with Crippen molar-refractivity contribution in [1.29, 1.82) is 0 Å². The second-order valence-electron chi connectivity index (χ2n) is 6.56. The number of rotatable bonds is 9. The summed E-state index contributed by atoms with van der Waals surface area (Å²) in [5, 5.41) is 18.3. The van der Waals surface area contributed by atoms with Gasteiger partial charge in [-0.15, -0.1) is 0 Å². The molecule has 0 aliphatic carbocycles. The zero-order chi connectivity index (χ0) is 25.9. The molecule has 35 heavy (non-hydrogen) atoms. The van der Waals surface area contributed by atoms with Crippen LogP contribution in [-0.2, 0) is 21.0 Å². The van der Waals surface area contributed by atoms with Crippen LogP contribution in [0.15, 0.2) is 93.5 Å². The van der Waals surface area contributed by atoms with E-state index in [1.165, 1.54) is 0 Å². The molecule has 3 aromatic rings. The van der Waals surface area contributed by atoms with Crippen LogP contribution in [-0.4, -0.2) is 55.1 Å². The fraction of sp³-hybridized carbons (Fsp3) is 0.217. The van der Waals surface area contributed by atoms with Crippen LogP contribution in [0.5, 0.6) is 11.5 Å². The number of halogens is 3. The Bertz CT molecular complexity index is 1110. The summed E-state index contributed by atoms with van der Waals surface area (Å²) in [6, 6.07) is 26.0. The van der Waals surface area contributed by atoms with Crippen LogP contribution in [0.4, 0.5) is 13.2 Å². The van der Waals surface area contributed by atoms with Gasteiger partial charge in [-0.1, -0.05) is 42.5 Å². The molecule has 7 nitrogen and oxygen atoms in total. The molecule has 0 saturated carbocycles. The van der Waals surface area contributed by atoms with Gasteiger partial charge in [-0.3, -0.25) is 0 Å². The summed E-state index contributed by atoms with van der Waals surface area (Å²) in [7, 11) is -6.55. The van der Waals surface area contributed by atoms with Crippen LogP contribution in [0.1, 0.15) is 0 Å². The number of aliphatic hydroxyl groups is 2. The van der Waals surface area contributed by atoms with E-state index >= 15 is 0 Å². The van der Waals surface area contributed by atoms with Gasteiger partial charge < -0.3 is 24.2 Å². The Hall–Kier alpha value is -2.77. The number of alkyl halides is 3. The van der Waals surface area contributed by atoms with Gasteiger partial charge in [0.05, 0.1) is 13.2 Å². The minimum atomic E-state index is -6.09. The van der Waals surface area contributed by atoms with Crippen molar-refractivity contribution in [3.8, 4) is 11.5 Å². The summed E-state index contributed by atoms with van der Waals surface area (Å²) < 4.78 is 70.5. The van der Waals surface area contributed by atoms with E-state index in [4.69, 9.17) is 32.7 Å². The fourth-order valence-corrected chi connectivity index (χ4v) is 4.98. The van der Waals surface area contributed by atoms with Crippen LogP contribution in [0, 0.1) is 0 Å². The Labute approximate surface area is 203 Å². The summed E-state index contributed by atoms with van der Waals surface area (Å²) >= 11 is 0. The zero-order valence-corrected chi connectivity index (χ0v) is 19.9. The van der Waals surface area contributed by atoms with Crippen LogP contribution in [0.3, 0.4) is 0 Å². The average Bonchev–Trinajstić information content (AvgIpc) is 2.83. The second kappa shape index (κ2) is 13.4. The average molecular weight is 533 g/mol. The summed E-state index contributed by atoms with van der Waals surface area (Å²) in [5.74, 6) is 1.49. The molecule has 0 aromatic heterocycles. The first kappa shape index (κ1) is 28.5. The highest BCUT2D eigenvalue weighted by atomic mass is 32.2. The third kappa shape index (κ3) is 8.44. The Morgan fingerprint density at radius 1 is 0.743 bits per heavy atom. The first-order valence-corrected chi connectivity index (χ1v) is 12.7. The monoisotopic (exact) mass is 532 g/mol. The maximum absolute atomic E-state index is 10.7. The van der Waals surface area contributed by atoms with E-state index in [-0.39, 0.29) is 26.4 Å². The van der Waals surface area contributed by atoms with Gasteiger partial charge in [-0.05, 0) is 36.4 Å². The number of benzene rings is 3. The summed E-state index contributed by atoms with van der Waals surface area (Å²) in [5.41, 5.74) is -5.65. The van der Waals surface area contributed by atoms with Crippen molar-refractivity contribution in [2.75, 3.05) is 26.4 Å². The molecular weight excluding hydrogens is 509 g/mol. The van der Waals surface area contributed by atoms with Crippen molar-refractivity contribution in [2.24, 2.45) is 0 Å². The smallest absolute Gasteiger partial charge is 0.485 e. The molecule has 0 radical (unpaired) electrons. The SMILES string of the molecule is O=S(=O)([O-])C(F)(F)F.OCCOc1ccccc1[S+](c1ccccc1)c1ccccc1OCCO. The van der Waals surface area contributed by atoms with E-state index in [2.05, 4.69) is 12.1 Å². The van der Waals surface area contributed by atoms with Crippen LogP contribution >= 0.6 is 0 Å². The quantitative estimate of drug-likeness (QED) is 0.246. The van der Waals surface area contributed by atoms with Crippen molar-refractivity contribution in [3.05, 3.63) is 78.9 Å². The lowest BCUT2D eigenvalue weighted by atomic mass is 10.3. The molecule has 0 aliphatic rings. The molecule has 0 bridgehead atoms. The normalized spacial score (nSPS) is 11.5. The number of hydrogen-bond donors (Lipinski definition) is 2. The molecule has 0 saturated heterocycles. The molecule has 12 heteroatoms. The van der Waals surface area contributed by atoms with Crippen LogP contribution in [0.25, 0.3) is 0 Å². The molecule has 2 N–H and O–H groups in total. The highest BCUT2D eigenvalue weighted by molar-refractivity contribution is 7.97. The van der Waals surface area contributed by atoms with Crippen LogP contribution < -0.4 is 9.47 Å². The van der Waals surface area contributed by atoms with Crippen LogP contribution in [0.2, 0.25) is 0 Å². The molecule has 0 amide bonds. The molecule has 3 aromatic carbocycles. The molecule has 0 heterocycles. The van der Waals surface area contributed by atoms with E-state index in [0.717, 1.165) is 26.2 Å². The van der Waals surface area contributed by atoms with Crippen molar-refractivity contribution in [3.63, 3.8) is 0 Å².